The van der Waals surface area contributed by atoms with Crippen LogP contribution in [0.15, 0.2) is 71.9 Å². The van der Waals surface area contributed by atoms with Crippen LogP contribution in [0.4, 0.5) is 8.78 Å². The number of rotatable bonds is 5. The zero-order chi connectivity index (χ0) is 19.5. The molecule has 4 rings (SSSR count). The molecule has 0 saturated carbocycles. The van der Waals surface area contributed by atoms with E-state index in [0.29, 0.717) is 5.56 Å². The van der Waals surface area contributed by atoms with E-state index >= 15 is 0 Å². The van der Waals surface area contributed by atoms with E-state index in [1.807, 2.05) is 12.1 Å². The number of alkyl halides is 2. The summed E-state index contributed by atoms with van der Waals surface area (Å²) in [5.41, 5.74) is 2.18. The number of hydrogen-bond donors (Lipinski definition) is 0. The van der Waals surface area contributed by atoms with Crippen LogP contribution in [0.3, 0.4) is 0 Å². The standard InChI is InChI=1S/C19H12F2N4O3/c20-19(21)27-15-7-3-13(4-8-15)17-24-16(18(26)28-17)9-12-1-5-14(6-2-12)25-11-22-10-23-25/h1-11,19H. The van der Waals surface area contributed by atoms with E-state index in [-0.39, 0.29) is 17.3 Å². The fourth-order valence-electron chi connectivity index (χ4n) is 2.53. The molecule has 2 heterocycles. The molecule has 9 heteroatoms. The van der Waals surface area contributed by atoms with Gasteiger partial charge in [0.1, 0.15) is 18.4 Å². The summed E-state index contributed by atoms with van der Waals surface area (Å²) < 4.78 is 35.5. The summed E-state index contributed by atoms with van der Waals surface area (Å²) in [6, 6.07) is 12.9. The van der Waals surface area contributed by atoms with Crippen molar-refractivity contribution in [1.29, 1.82) is 0 Å². The van der Waals surface area contributed by atoms with Gasteiger partial charge in [0.05, 0.1) is 5.69 Å². The van der Waals surface area contributed by atoms with Crippen molar-refractivity contribution in [2.75, 3.05) is 0 Å². The Morgan fingerprint density at radius 3 is 2.46 bits per heavy atom. The molecule has 1 aliphatic heterocycles. The molecule has 0 radical (unpaired) electrons. The number of aromatic nitrogens is 3. The number of hydrogen-bond acceptors (Lipinski definition) is 6. The van der Waals surface area contributed by atoms with Gasteiger partial charge in [-0.3, -0.25) is 0 Å². The second-order valence-electron chi connectivity index (χ2n) is 5.67. The number of benzene rings is 2. The number of carbonyl (C=O) groups excluding carboxylic acids is 1. The van der Waals surface area contributed by atoms with E-state index in [1.54, 1.807) is 29.2 Å². The van der Waals surface area contributed by atoms with Crippen molar-refractivity contribution in [3.05, 3.63) is 78.0 Å². The molecule has 0 unspecified atom stereocenters. The smallest absolute Gasteiger partial charge is 0.387 e. The zero-order valence-electron chi connectivity index (χ0n) is 14.2. The Labute approximate surface area is 157 Å². The van der Waals surface area contributed by atoms with Crippen LogP contribution in [0.2, 0.25) is 0 Å². The highest BCUT2D eigenvalue weighted by molar-refractivity contribution is 6.12. The maximum Gasteiger partial charge on any atom is 0.387 e. The van der Waals surface area contributed by atoms with Gasteiger partial charge >= 0.3 is 12.6 Å². The van der Waals surface area contributed by atoms with Crippen molar-refractivity contribution in [2.24, 2.45) is 4.99 Å². The molecule has 1 aromatic heterocycles. The number of esters is 1. The lowest BCUT2D eigenvalue weighted by Gasteiger charge is -2.04. The molecule has 0 N–H and O–H groups in total. The predicted molar refractivity (Wildman–Crippen MR) is 95.0 cm³/mol. The second-order valence-corrected chi connectivity index (χ2v) is 5.67. The molecule has 3 aromatic rings. The van der Waals surface area contributed by atoms with Crippen LogP contribution < -0.4 is 4.74 Å². The molecule has 1 aliphatic rings. The molecule has 0 fully saturated rings. The molecule has 2 aromatic carbocycles. The van der Waals surface area contributed by atoms with Gasteiger partial charge < -0.3 is 9.47 Å². The van der Waals surface area contributed by atoms with E-state index in [4.69, 9.17) is 4.74 Å². The highest BCUT2D eigenvalue weighted by Gasteiger charge is 2.24. The predicted octanol–water partition coefficient (Wildman–Crippen LogP) is 3.21. The van der Waals surface area contributed by atoms with Gasteiger partial charge in [-0.05, 0) is 48.0 Å². The summed E-state index contributed by atoms with van der Waals surface area (Å²) in [6.45, 7) is -2.90. The number of nitrogens with zero attached hydrogens (tertiary/aromatic N) is 4. The van der Waals surface area contributed by atoms with E-state index < -0.39 is 12.6 Å². The highest BCUT2D eigenvalue weighted by atomic mass is 19.3. The number of aliphatic imine (C=N–C) groups is 1. The number of ether oxygens (including phenoxy) is 2. The van der Waals surface area contributed by atoms with Crippen LogP contribution >= 0.6 is 0 Å². The topological polar surface area (TPSA) is 78.6 Å². The molecule has 7 nitrogen and oxygen atoms in total. The minimum Gasteiger partial charge on any atom is -0.435 e. The van der Waals surface area contributed by atoms with Crippen molar-refractivity contribution < 1.29 is 23.0 Å². The highest BCUT2D eigenvalue weighted by Crippen LogP contribution is 2.22. The molecular formula is C19H12F2N4O3. The molecule has 140 valence electrons. The van der Waals surface area contributed by atoms with E-state index in [1.165, 1.54) is 30.6 Å². The summed E-state index contributed by atoms with van der Waals surface area (Å²) in [7, 11) is 0. The third-order valence-corrected chi connectivity index (χ3v) is 3.83. The van der Waals surface area contributed by atoms with Crippen LogP contribution in [0.1, 0.15) is 11.1 Å². The van der Waals surface area contributed by atoms with Crippen molar-refractivity contribution in [2.45, 2.75) is 6.61 Å². The first kappa shape index (κ1) is 17.5. The fourth-order valence-corrected chi connectivity index (χ4v) is 2.53. The summed E-state index contributed by atoms with van der Waals surface area (Å²) in [5.74, 6) is -0.491. The second kappa shape index (κ2) is 7.39. The monoisotopic (exact) mass is 382 g/mol. The van der Waals surface area contributed by atoms with Gasteiger partial charge in [0.15, 0.2) is 5.70 Å². The van der Waals surface area contributed by atoms with Crippen molar-refractivity contribution in [1.82, 2.24) is 14.8 Å². The molecule has 0 spiro atoms. The van der Waals surface area contributed by atoms with Crippen LogP contribution in [-0.4, -0.2) is 33.2 Å². The lowest BCUT2D eigenvalue weighted by molar-refractivity contribution is -0.129. The third kappa shape index (κ3) is 3.78. The average Bonchev–Trinajstić information content (AvgIpc) is 3.33. The maximum atomic E-state index is 12.2. The summed E-state index contributed by atoms with van der Waals surface area (Å²) in [5, 5.41) is 4.04. The summed E-state index contributed by atoms with van der Waals surface area (Å²) in [4.78, 5) is 20.2. The molecule has 0 amide bonds. The SMILES string of the molecule is O=C1OC(c2ccc(OC(F)F)cc2)=NC1=Cc1ccc(-n2cncn2)cc1. The molecule has 0 saturated heterocycles. The van der Waals surface area contributed by atoms with Crippen LogP contribution in [0.5, 0.6) is 5.75 Å². The minimum atomic E-state index is -2.90. The first-order valence-electron chi connectivity index (χ1n) is 8.11. The molecule has 28 heavy (non-hydrogen) atoms. The first-order valence-corrected chi connectivity index (χ1v) is 8.11. The molecule has 0 atom stereocenters. The lowest BCUT2D eigenvalue weighted by Crippen LogP contribution is -2.06. The zero-order valence-corrected chi connectivity index (χ0v) is 14.2. The molecule has 0 aliphatic carbocycles. The number of carbonyl (C=O) groups is 1. The third-order valence-electron chi connectivity index (χ3n) is 3.83. The normalized spacial score (nSPS) is 15.0. The number of halogens is 2. The Morgan fingerprint density at radius 1 is 1.07 bits per heavy atom. The fraction of sp³-hybridized carbons (Fsp3) is 0.0526. The Balaban J connectivity index is 1.53. The Bertz CT molecular complexity index is 1040. The van der Waals surface area contributed by atoms with Crippen LogP contribution in [-0.2, 0) is 9.53 Å². The lowest BCUT2D eigenvalue weighted by atomic mass is 10.2. The molecular weight excluding hydrogens is 370 g/mol. The minimum absolute atomic E-state index is 0.00640. The summed E-state index contributed by atoms with van der Waals surface area (Å²) >= 11 is 0. The van der Waals surface area contributed by atoms with Crippen molar-refractivity contribution in [3.63, 3.8) is 0 Å². The van der Waals surface area contributed by atoms with Crippen molar-refractivity contribution >= 4 is 17.9 Å². The van der Waals surface area contributed by atoms with Gasteiger partial charge in [0.25, 0.3) is 0 Å². The van der Waals surface area contributed by atoms with Gasteiger partial charge in [-0.25, -0.2) is 19.5 Å². The van der Waals surface area contributed by atoms with Crippen molar-refractivity contribution in [3.8, 4) is 11.4 Å². The quantitative estimate of drug-likeness (QED) is 0.500. The summed E-state index contributed by atoms with van der Waals surface area (Å²) in [6.07, 6.45) is 4.61. The largest absolute Gasteiger partial charge is 0.435 e. The molecule has 0 bridgehead atoms. The van der Waals surface area contributed by atoms with E-state index in [2.05, 4.69) is 19.8 Å². The van der Waals surface area contributed by atoms with E-state index in [9.17, 15) is 13.6 Å². The average molecular weight is 382 g/mol. The van der Waals surface area contributed by atoms with Gasteiger partial charge in [0, 0.05) is 5.56 Å². The van der Waals surface area contributed by atoms with Gasteiger partial charge in [-0.2, -0.15) is 13.9 Å². The Kier molecular flexibility index (Phi) is 4.63. The van der Waals surface area contributed by atoms with E-state index in [0.717, 1.165) is 11.3 Å². The first-order chi connectivity index (χ1) is 13.6. The van der Waals surface area contributed by atoms with Crippen LogP contribution in [0.25, 0.3) is 11.8 Å². The Morgan fingerprint density at radius 2 is 1.82 bits per heavy atom. The Hall–Kier alpha value is -3.88. The maximum absolute atomic E-state index is 12.2. The van der Waals surface area contributed by atoms with Gasteiger partial charge in [-0.15, -0.1) is 0 Å². The van der Waals surface area contributed by atoms with Gasteiger partial charge in [-0.1, -0.05) is 12.1 Å². The van der Waals surface area contributed by atoms with Gasteiger partial charge in [0.2, 0.25) is 5.90 Å². The van der Waals surface area contributed by atoms with Crippen LogP contribution in [0, 0.1) is 0 Å². The number of cyclic esters (lactones) is 1.